The Morgan fingerprint density at radius 2 is 1.77 bits per heavy atom. The van der Waals surface area contributed by atoms with Crippen molar-refractivity contribution in [2.45, 2.75) is 26.4 Å². The van der Waals surface area contributed by atoms with Gasteiger partial charge in [-0.15, -0.1) is 0 Å². The van der Waals surface area contributed by atoms with Crippen molar-refractivity contribution < 1.29 is 18.1 Å². The van der Waals surface area contributed by atoms with E-state index in [-0.39, 0.29) is 23.0 Å². The summed E-state index contributed by atoms with van der Waals surface area (Å²) in [6.45, 7) is 4.54. The number of alkyl halides is 3. The van der Waals surface area contributed by atoms with Gasteiger partial charge in [-0.1, -0.05) is 13.8 Å². The lowest BCUT2D eigenvalue weighted by Crippen LogP contribution is -2.10. The fourth-order valence-corrected chi connectivity index (χ4v) is 2.13. The number of hydrogen-bond acceptors (Lipinski definition) is 6. The van der Waals surface area contributed by atoms with Crippen LogP contribution < -0.4 is 10.6 Å². The van der Waals surface area contributed by atoms with Gasteiger partial charge in [0.15, 0.2) is 0 Å². The number of nitro groups is 1. The van der Waals surface area contributed by atoms with Crippen LogP contribution in [-0.2, 0) is 6.18 Å². The molecule has 0 saturated carbocycles. The molecule has 2 rings (SSSR count). The number of halogens is 3. The smallest absolute Gasteiger partial charge is 0.364 e. The quantitative estimate of drug-likeness (QED) is 0.547. The minimum absolute atomic E-state index is 0.0556. The van der Waals surface area contributed by atoms with E-state index in [0.29, 0.717) is 12.5 Å². The molecule has 10 heteroatoms. The van der Waals surface area contributed by atoms with Gasteiger partial charge >= 0.3 is 11.9 Å². The summed E-state index contributed by atoms with van der Waals surface area (Å²) in [5, 5.41) is 17.0. The van der Waals surface area contributed by atoms with Crippen molar-refractivity contribution in [2.75, 3.05) is 17.2 Å². The number of benzene rings is 1. The van der Waals surface area contributed by atoms with Crippen molar-refractivity contribution >= 4 is 23.0 Å². The summed E-state index contributed by atoms with van der Waals surface area (Å²) >= 11 is 0. The molecule has 0 fully saturated rings. The average molecular weight is 369 g/mol. The lowest BCUT2D eigenvalue weighted by atomic mass is 10.1. The molecule has 0 aliphatic rings. The van der Waals surface area contributed by atoms with E-state index >= 15 is 0 Å². The zero-order valence-corrected chi connectivity index (χ0v) is 14.2. The normalized spacial score (nSPS) is 11.5. The standard InChI is InChI=1S/C16H18F3N5O2/c1-10(2)7-8-20-14-13(24(25)26)15(22-9-21-14)23-12-5-3-11(4-6-12)16(17,18)19/h3-6,9-10H,7-8H2,1-2H3,(H2,20,21,22,23). The van der Waals surface area contributed by atoms with E-state index in [1.165, 1.54) is 12.1 Å². The number of aromatic nitrogens is 2. The predicted molar refractivity (Wildman–Crippen MR) is 91.4 cm³/mol. The molecule has 0 aliphatic heterocycles. The fraction of sp³-hybridized carbons (Fsp3) is 0.375. The highest BCUT2D eigenvalue weighted by Crippen LogP contribution is 2.33. The van der Waals surface area contributed by atoms with E-state index in [0.717, 1.165) is 24.9 Å². The van der Waals surface area contributed by atoms with Crippen LogP contribution in [0.2, 0.25) is 0 Å². The van der Waals surface area contributed by atoms with Crippen LogP contribution in [0, 0.1) is 16.0 Å². The highest BCUT2D eigenvalue weighted by atomic mass is 19.4. The van der Waals surface area contributed by atoms with Gasteiger partial charge in [-0.3, -0.25) is 10.1 Å². The van der Waals surface area contributed by atoms with Gasteiger partial charge in [0.2, 0.25) is 11.6 Å². The molecular weight excluding hydrogens is 351 g/mol. The molecule has 1 aromatic heterocycles. The van der Waals surface area contributed by atoms with Crippen molar-refractivity contribution in [1.82, 2.24) is 9.97 Å². The molecule has 0 spiro atoms. The second kappa shape index (κ2) is 7.98. The van der Waals surface area contributed by atoms with Crippen LogP contribution in [0.4, 0.5) is 36.2 Å². The lowest BCUT2D eigenvalue weighted by molar-refractivity contribution is -0.383. The van der Waals surface area contributed by atoms with E-state index in [1.54, 1.807) is 0 Å². The average Bonchev–Trinajstić information content (AvgIpc) is 2.54. The van der Waals surface area contributed by atoms with Crippen LogP contribution in [0.3, 0.4) is 0 Å². The largest absolute Gasteiger partial charge is 0.416 e. The summed E-state index contributed by atoms with van der Waals surface area (Å²) in [5.74, 6) is 0.366. The van der Waals surface area contributed by atoms with Gasteiger partial charge in [-0.05, 0) is 36.6 Å². The maximum Gasteiger partial charge on any atom is 0.416 e. The van der Waals surface area contributed by atoms with Crippen LogP contribution in [0.25, 0.3) is 0 Å². The Morgan fingerprint density at radius 1 is 1.15 bits per heavy atom. The maximum absolute atomic E-state index is 12.6. The Kier molecular flexibility index (Phi) is 5.96. The van der Waals surface area contributed by atoms with Crippen molar-refractivity contribution in [3.8, 4) is 0 Å². The van der Waals surface area contributed by atoms with Crippen LogP contribution in [0.1, 0.15) is 25.8 Å². The summed E-state index contributed by atoms with van der Waals surface area (Å²) in [4.78, 5) is 18.5. The summed E-state index contributed by atoms with van der Waals surface area (Å²) in [5.41, 5.74) is -0.930. The molecule has 0 amide bonds. The van der Waals surface area contributed by atoms with E-state index < -0.39 is 16.7 Å². The zero-order chi connectivity index (χ0) is 19.3. The van der Waals surface area contributed by atoms with Crippen LogP contribution in [0.5, 0.6) is 0 Å². The van der Waals surface area contributed by atoms with E-state index in [4.69, 9.17) is 0 Å². The topological polar surface area (TPSA) is 93.0 Å². The van der Waals surface area contributed by atoms with E-state index in [9.17, 15) is 23.3 Å². The molecule has 0 unspecified atom stereocenters. The number of rotatable bonds is 7. The van der Waals surface area contributed by atoms with Gasteiger partial charge in [0.1, 0.15) is 6.33 Å². The number of nitrogens with one attached hydrogen (secondary N) is 2. The summed E-state index contributed by atoms with van der Waals surface area (Å²) in [7, 11) is 0. The first kappa shape index (κ1) is 19.4. The monoisotopic (exact) mass is 369 g/mol. The third kappa shape index (κ3) is 5.04. The minimum atomic E-state index is -4.45. The van der Waals surface area contributed by atoms with Crippen molar-refractivity contribution in [1.29, 1.82) is 0 Å². The SMILES string of the molecule is CC(C)CCNc1ncnc(Nc2ccc(C(F)(F)F)cc2)c1[N+](=O)[O-]. The first-order chi connectivity index (χ1) is 12.2. The third-order valence-corrected chi connectivity index (χ3v) is 3.49. The molecule has 0 saturated heterocycles. The zero-order valence-electron chi connectivity index (χ0n) is 14.2. The fourth-order valence-electron chi connectivity index (χ4n) is 2.13. The summed E-state index contributed by atoms with van der Waals surface area (Å²) < 4.78 is 37.8. The van der Waals surface area contributed by atoms with Crippen molar-refractivity contribution in [3.05, 3.63) is 46.3 Å². The summed E-state index contributed by atoms with van der Waals surface area (Å²) in [6.07, 6.45) is -2.51. The predicted octanol–water partition coefficient (Wildman–Crippen LogP) is 4.61. The maximum atomic E-state index is 12.6. The van der Waals surface area contributed by atoms with Gasteiger partial charge in [-0.25, -0.2) is 9.97 Å². The molecule has 0 aliphatic carbocycles. The Morgan fingerprint density at radius 3 is 2.31 bits per heavy atom. The van der Waals surface area contributed by atoms with Gasteiger partial charge in [0.25, 0.3) is 0 Å². The Balaban J connectivity index is 2.24. The number of hydrogen-bond donors (Lipinski definition) is 2. The minimum Gasteiger partial charge on any atom is -0.364 e. The Bertz CT molecular complexity index is 763. The van der Waals surface area contributed by atoms with Gasteiger partial charge < -0.3 is 10.6 Å². The molecule has 2 aromatic rings. The molecule has 0 bridgehead atoms. The van der Waals surface area contributed by atoms with Crippen LogP contribution in [0.15, 0.2) is 30.6 Å². The molecule has 26 heavy (non-hydrogen) atoms. The van der Waals surface area contributed by atoms with Crippen molar-refractivity contribution in [2.24, 2.45) is 5.92 Å². The Hall–Kier alpha value is -2.91. The van der Waals surface area contributed by atoms with Crippen LogP contribution in [-0.4, -0.2) is 21.4 Å². The molecular formula is C16H18F3N5O2. The third-order valence-electron chi connectivity index (χ3n) is 3.49. The first-order valence-corrected chi connectivity index (χ1v) is 7.86. The Labute approximate surface area is 147 Å². The molecule has 1 heterocycles. The summed E-state index contributed by atoms with van der Waals surface area (Å²) in [6, 6.07) is 4.13. The molecule has 1 aromatic carbocycles. The lowest BCUT2D eigenvalue weighted by Gasteiger charge is -2.11. The highest BCUT2D eigenvalue weighted by Gasteiger charge is 2.30. The molecule has 140 valence electrons. The molecule has 2 N–H and O–H groups in total. The van der Waals surface area contributed by atoms with Gasteiger partial charge in [-0.2, -0.15) is 13.2 Å². The second-order valence-electron chi connectivity index (χ2n) is 5.99. The molecule has 7 nitrogen and oxygen atoms in total. The highest BCUT2D eigenvalue weighted by molar-refractivity contribution is 5.73. The first-order valence-electron chi connectivity index (χ1n) is 7.86. The van der Waals surface area contributed by atoms with E-state index in [2.05, 4.69) is 20.6 Å². The van der Waals surface area contributed by atoms with Gasteiger partial charge in [0, 0.05) is 12.2 Å². The van der Waals surface area contributed by atoms with Gasteiger partial charge in [0.05, 0.1) is 10.5 Å². The van der Waals surface area contributed by atoms with Crippen LogP contribution >= 0.6 is 0 Å². The number of nitrogens with zero attached hydrogens (tertiary/aromatic N) is 3. The molecule has 0 radical (unpaired) electrons. The second-order valence-corrected chi connectivity index (χ2v) is 5.99. The molecule has 0 atom stereocenters. The van der Waals surface area contributed by atoms with E-state index in [1.807, 2.05) is 13.8 Å². The number of anilines is 3. The van der Waals surface area contributed by atoms with Crippen molar-refractivity contribution in [3.63, 3.8) is 0 Å².